The first kappa shape index (κ1) is 23.2. The summed E-state index contributed by atoms with van der Waals surface area (Å²) in [6.07, 6.45) is 5.77. The van der Waals surface area contributed by atoms with Gasteiger partial charge in [-0.2, -0.15) is 0 Å². The molecule has 0 radical (unpaired) electrons. The van der Waals surface area contributed by atoms with Crippen molar-refractivity contribution in [1.29, 1.82) is 0 Å². The Morgan fingerprint density at radius 3 is 2.64 bits per heavy atom. The van der Waals surface area contributed by atoms with Gasteiger partial charge in [-0.05, 0) is 44.0 Å². The molecule has 8 heteroatoms. The third kappa shape index (κ3) is 6.28. The molecule has 1 aromatic heterocycles. The van der Waals surface area contributed by atoms with E-state index in [1.807, 2.05) is 60.0 Å². The zero-order valence-corrected chi connectivity index (χ0v) is 19.9. The van der Waals surface area contributed by atoms with Crippen LogP contribution in [0.5, 0.6) is 11.5 Å². The average molecular weight is 467 g/mol. The molecule has 1 amide bonds. The second-order valence-electron chi connectivity index (χ2n) is 8.23. The molecule has 1 N–H and O–H groups in total. The monoisotopic (exact) mass is 466 g/mol. The Morgan fingerprint density at radius 1 is 1.09 bits per heavy atom. The highest BCUT2D eigenvalue weighted by molar-refractivity contribution is 7.99. The van der Waals surface area contributed by atoms with Gasteiger partial charge in [-0.1, -0.05) is 54.8 Å². The van der Waals surface area contributed by atoms with E-state index >= 15 is 0 Å². The number of thioether (sulfide) groups is 1. The van der Waals surface area contributed by atoms with E-state index in [4.69, 9.17) is 9.47 Å². The van der Waals surface area contributed by atoms with E-state index in [9.17, 15) is 4.79 Å². The number of ether oxygens (including phenoxy) is 2. The van der Waals surface area contributed by atoms with E-state index < -0.39 is 0 Å². The number of nitrogens with one attached hydrogen (secondary N) is 1. The topological polar surface area (TPSA) is 78.3 Å². The maximum Gasteiger partial charge on any atom is 0.230 e. The second kappa shape index (κ2) is 11.2. The van der Waals surface area contributed by atoms with Crippen LogP contribution in [0, 0.1) is 6.92 Å². The number of nitrogens with zero attached hydrogens (tertiary/aromatic N) is 3. The van der Waals surface area contributed by atoms with Gasteiger partial charge in [0.15, 0.2) is 11.0 Å². The maximum absolute atomic E-state index is 12.5. The Kier molecular flexibility index (Phi) is 7.88. The number of rotatable bonds is 9. The molecular weight excluding hydrogens is 436 g/mol. The molecule has 174 valence electrons. The largest absolute Gasteiger partial charge is 0.497 e. The Morgan fingerprint density at radius 2 is 1.88 bits per heavy atom. The molecule has 3 aromatic rings. The first-order chi connectivity index (χ1) is 16.1. The van der Waals surface area contributed by atoms with E-state index in [0.717, 1.165) is 30.0 Å². The highest BCUT2D eigenvalue weighted by Crippen LogP contribution is 2.26. The van der Waals surface area contributed by atoms with E-state index in [2.05, 4.69) is 15.5 Å². The van der Waals surface area contributed by atoms with Crippen molar-refractivity contribution in [2.75, 3.05) is 12.9 Å². The van der Waals surface area contributed by atoms with E-state index in [0.29, 0.717) is 17.0 Å². The summed E-state index contributed by atoms with van der Waals surface area (Å²) >= 11 is 1.38. The summed E-state index contributed by atoms with van der Waals surface area (Å²) in [6, 6.07) is 15.9. The summed E-state index contributed by atoms with van der Waals surface area (Å²) in [4.78, 5) is 12.5. The molecule has 0 spiro atoms. The van der Waals surface area contributed by atoms with Gasteiger partial charge in [-0.3, -0.25) is 9.36 Å². The van der Waals surface area contributed by atoms with Crippen LogP contribution < -0.4 is 14.8 Å². The van der Waals surface area contributed by atoms with Gasteiger partial charge in [0, 0.05) is 12.1 Å². The quantitative estimate of drug-likeness (QED) is 0.461. The fraction of sp³-hybridized carbons (Fsp3) is 0.400. The van der Waals surface area contributed by atoms with Gasteiger partial charge >= 0.3 is 0 Å². The fourth-order valence-electron chi connectivity index (χ4n) is 3.92. The first-order valence-corrected chi connectivity index (χ1v) is 12.3. The fourth-order valence-corrected chi connectivity index (χ4v) is 4.71. The molecule has 1 fully saturated rings. The van der Waals surface area contributed by atoms with Crippen LogP contribution in [0.4, 0.5) is 0 Å². The molecule has 33 heavy (non-hydrogen) atoms. The summed E-state index contributed by atoms with van der Waals surface area (Å²) in [6.45, 7) is 2.29. The molecule has 4 rings (SSSR count). The molecule has 7 nitrogen and oxygen atoms in total. The highest BCUT2D eigenvalue weighted by Gasteiger charge is 2.19. The van der Waals surface area contributed by atoms with Crippen molar-refractivity contribution in [2.45, 2.75) is 56.8 Å². The van der Waals surface area contributed by atoms with E-state index in [-0.39, 0.29) is 18.3 Å². The van der Waals surface area contributed by atoms with Crippen LogP contribution in [0.1, 0.15) is 43.5 Å². The number of carbonyl (C=O) groups is 1. The van der Waals surface area contributed by atoms with Crippen LogP contribution in [0.15, 0.2) is 53.7 Å². The highest BCUT2D eigenvalue weighted by atomic mass is 32.2. The summed E-state index contributed by atoms with van der Waals surface area (Å²) in [5.74, 6) is 2.47. The van der Waals surface area contributed by atoms with Crippen molar-refractivity contribution in [3.63, 3.8) is 0 Å². The number of amides is 1. The van der Waals surface area contributed by atoms with Crippen molar-refractivity contribution in [1.82, 2.24) is 20.1 Å². The van der Waals surface area contributed by atoms with Crippen molar-refractivity contribution in [2.24, 2.45) is 0 Å². The molecule has 2 aromatic carbocycles. The predicted octanol–water partition coefficient (Wildman–Crippen LogP) is 4.70. The predicted molar refractivity (Wildman–Crippen MR) is 129 cm³/mol. The third-order valence-electron chi connectivity index (χ3n) is 5.70. The third-order valence-corrected chi connectivity index (χ3v) is 6.63. The molecule has 1 aliphatic rings. The minimum absolute atomic E-state index is 0.0320. The van der Waals surface area contributed by atoms with Crippen LogP contribution in [0.3, 0.4) is 0 Å². The summed E-state index contributed by atoms with van der Waals surface area (Å²) in [5.41, 5.74) is 2.03. The number of hydrogen-bond donors (Lipinski definition) is 1. The normalized spacial score (nSPS) is 14.1. The molecule has 0 unspecified atom stereocenters. The number of carbonyl (C=O) groups excluding carboxylic acids is 1. The van der Waals surface area contributed by atoms with Crippen molar-refractivity contribution >= 4 is 17.7 Å². The molecule has 0 atom stereocenters. The maximum atomic E-state index is 12.5. The van der Waals surface area contributed by atoms with E-state index in [1.165, 1.54) is 36.6 Å². The second-order valence-corrected chi connectivity index (χ2v) is 9.17. The lowest BCUT2D eigenvalue weighted by Gasteiger charge is -2.22. The Hall–Kier alpha value is -3.00. The molecule has 0 saturated heterocycles. The lowest BCUT2D eigenvalue weighted by atomic mass is 9.95. The van der Waals surface area contributed by atoms with Crippen LogP contribution in [0.25, 0.3) is 5.69 Å². The zero-order chi connectivity index (χ0) is 23.0. The smallest absolute Gasteiger partial charge is 0.230 e. The van der Waals surface area contributed by atoms with Crippen LogP contribution >= 0.6 is 11.8 Å². The van der Waals surface area contributed by atoms with Crippen LogP contribution in [0.2, 0.25) is 0 Å². The summed E-state index contributed by atoms with van der Waals surface area (Å²) in [7, 11) is 1.64. The van der Waals surface area contributed by atoms with Gasteiger partial charge in [-0.25, -0.2) is 0 Å². The minimum atomic E-state index is 0.0320. The molecular formula is C25H30N4O3S. The Balaban J connectivity index is 1.50. The first-order valence-electron chi connectivity index (χ1n) is 11.3. The Bertz CT molecular complexity index is 1060. The van der Waals surface area contributed by atoms with E-state index in [1.54, 1.807) is 7.11 Å². The van der Waals surface area contributed by atoms with Gasteiger partial charge in [0.2, 0.25) is 5.91 Å². The molecule has 1 heterocycles. The number of benzene rings is 2. The van der Waals surface area contributed by atoms with Crippen molar-refractivity contribution in [3.8, 4) is 17.2 Å². The van der Waals surface area contributed by atoms with Gasteiger partial charge < -0.3 is 14.8 Å². The number of hydrogen-bond acceptors (Lipinski definition) is 6. The van der Waals surface area contributed by atoms with Crippen molar-refractivity contribution in [3.05, 3.63) is 59.9 Å². The number of methoxy groups -OCH3 is 1. The standard InChI is InChI=1S/C25H30N4O3S/c1-18-11-13-21(14-12-18)32-16-23-27-28-25(29(23)20-9-6-10-22(15-20)31-2)33-17-24(30)26-19-7-4-3-5-8-19/h6,9-15,19H,3-5,7-8,16-17H2,1-2H3,(H,26,30). The van der Waals surface area contributed by atoms with Gasteiger partial charge in [0.25, 0.3) is 0 Å². The lowest BCUT2D eigenvalue weighted by Crippen LogP contribution is -2.37. The zero-order valence-electron chi connectivity index (χ0n) is 19.1. The van der Waals surface area contributed by atoms with Crippen molar-refractivity contribution < 1.29 is 14.3 Å². The molecule has 0 bridgehead atoms. The minimum Gasteiger partial charge on any atom is -0.497 e. The molecule has 0 aliphatic heterocycles. The van der Waals surface area contributed by atoms with Crippen LogP contribution in [-0.2, 0) is 11.4 Å². The molecule has 1 aliphatic carbocycles. The summed E-state index contributed by atoms with van der Waals surface area (Å²) in [5, 5.41) is 12.5. The van der Waals surface area contributed by atoms with Gasteiger partial charge in [-0.15, -0.1) is 10.2 Å². The van der Waals surface area contributed by atoms with Gasteiger partial charge in [0.1, 0.15) is 18.1 Å². The lowest BCUT2D eigenvalue weighted by molar-refractivity contribution is -0.119. The Labute approximate surface area is 198 Å². The average Bonchev–Trinajstić information content (AvgIpc) is 3.26. The summed E-state index contributed by atoms with van der Waals surface area (Å²) < 4.78 is 13.3. The SMILES string of the molecule is COc1cccc(-n2c(COc3ccc(C)cc3)nnc2SCC(=O)NC2CCCCC2)c1. The number of aryl methyl sites for hydroxylation is 1. The van der Waals surface area contributed by atoms with Gasteiger partial charge in [0.05, 0.1) is 18.6 Å². The molecule has 1 saturated carbocycles. The van der Waals surface area contributed by atoms with Crippen LogP contribution in [-0.4, -0.2) is 39.6 Å². The number of aromatic nitrogens is 3.